The van der Waals surface area contributed by atoms with Crippen molar-refractivity contribution in [2.24, 2.45) is 0 Å². The molecule has 9 rings (SSSR count). The lowest BCUT2D eigenvalue weighted by molar-refractivity contribution is -0.137. The number of likely N-dealkylation sites (tertiary alicyclic amines) is 1. The molecule has 4 aromatic heterocycles. The number of carbonyl (C=O) groups is 1. The molecule has 406 valence electrons. The van der Waals surface area contributed by atoms with Gasteiger partial charge in [0.1, 0.15) is 29.4 Å². The normalized spacial score (nSPS) is 22.2. The molecule has 3 saturated heterocycles. The van der Waals surface area contributed by atoms with Crippen LogP contribution in [0.4, 0.5) is 43.9 Å². The van der Waals surface area contributed by atoms with Crippen molar-refractivity contribution in [2.45, 2.75) is 108 Å². The van der Waals surface area contributed by atoms with E-state index in [2.05, 4.69) is 41.7 Å². The van der Waals surface area contributed by atoms with Crippen LogP contribution in [0.3, 0.4) is 0 Å². The number of piperidine rings is 1. The Morgan fingerprint density at radius 1 is 1.07 bits per heavy atom. The third kappa shape index (κ3) is 11.6. The van der Waals surface area contributed by atoms with Crippen LogP contribution < -0.4 is 26.2 Å². The fraction of sp³-hybridized carbons (Fsp3) is 0.531. The van der Waals surface area contributed by atoms with Gasteiger partial charge in [-0.1, -0.05) is 18.2 Å². The van der Waals surface area contributed by atoms with Crippen molar-refractivity contribution in [3.8, 4) is 17.3 Å². The second-order valence-electron chi connectivity index (χ2n) is 19.9. The number of nitrogens with two attached hydrogens (primary N) is 1. The number of anilines is 3. The van der Waals surface area contributed by atoms with Crippen molar-refractivity contribution in [3.05, 3.63) is 74.9 Å². The number of pyridine rings is 2. The summed E-state index contributed by atoms with van der Waals surface area (Å²) in [7, 11) is -1.26. The maximum absolute atomic E-state index is 16.5. The van der Waals surface area contributed by atoms with Crippen molar-refractivity contribution in [3.63, 3.8) is 0 Å². The molecule has 18 nitrogen and oxygen atoms in total. The van der Waals surface area contributed by atoms with Gasteiger partial charge in [0.05, 0.1) is 45.3 Å². The molecule has 0 spiro atoms. The number of aromatic nitrogens is 6. The number of amides is 1. The van der Waals surface area contributed by atoms with Crippen LogP contribution in [0.15, 0.2) is 41.8 Å². The van der Waals surface area contributed by atoms with E-state index < -0.39 is 68.0 Å². The summed E-state index contributed by atoms with van der Waals surface area (Å²) < 4.78 is 118. The molecule has 1 aliphatic carbocycles. The summed E-state index contributed by atoms with van der Waals surface area (Å²) in [5.74, 6) is -1.02. The van der Waals surface area contributed by atoms with E-state index in [9.17, 15) is 45.1 Å². The summed E-state index contributed by atoms with van der Waals surface area (Å²) in [6, 6.07) is 2.50. The molecule has 1 saturated carbocycles. The molecule has 3 aliphatic heterocycles. The topological polar surface area (TPSA) is 218 Å². The molecule has 4 unspecified atom stereocenters. The number of alkyl halides is 5. The lowest BCUT2D eigenvalue weighted by Gasteiger charge is -2.40. The Bertz CT molecular complexity index is 3180. The van der Waals surface area contributed by atoms with Gasteiger partial charge in [-0.05, 0) is 109 Å². The van der Waals surface area contributed by atoms with E-state index in [0.29, 0.717) is 70.2 Å². The minimum Gasteiger partial charge on any atom is -0.462 e. The molecule has 75 heavy (non-hydrogen) atoms. The lowest BCUT2D eigenvalue weighted by Crippen LogP contribution is -2.53. The standard InChI is InChI=1S/C29H32ClF4N7O2.C20H27F2N5O4S/c1-5-21(42)40-9-10-41(16(3)13-40)27-18-12-19(30)22(26-23(29(32,33)34)15(2)11-20(35)36-26)24(31)25(18)37-28(38-27)43-14-17-7-6-8-39(17)4;1-20(29)7-3-4-15(20)27-17-12(10-14(16(21)22)18(27)28)11-23-19(25-17)24-13-5-8-26(9-6-13)32(2,30)31/h5,11-12,16-17H,1,6-10,13-14H2,2-4H3,(H2,35,36);10-11,13,15-16,29H,3-9H2,1-2H3,(H,23,24,25). The van der Waals surface area contributed by atoms with Crippen LogP contribution in [-0.2, 0) is 21.0 Å². The zero-order valence-corrected chi connectivity index (χ0v) is 43.5. The Balaban J connectivity index is 0.000000208. The molecule has 4 atom stereocenters. The summed E-state index contributed by atoms with van der Waals surface area (Å²) in [5, 5.41) is 14.1. The third-order valence-electron chi connectivity index (χ3n) is 14.5. The fourth-order valence-electron chi connectivity index (χ4n) is 10.6. The van der Waals surface area contributed by atoms with Crippen LogP contribution in [-0.4, -0.2) is 146 Å². The van der Waals surface area contributed by atoms with E-state index >= 15 is 4.39 Å². The van der Waals surface area contributed by atoms with Gasteiger partial charge in [0.25, 0.3) is 12.0 Å². The van der Waals surface area contributed by atoms with E-state index in [0.717, 1.165) is 31.5 Å². The molecule has 0 radical (unpaired) electrons. The predicted octanol–water partition coefficient (Wildman–Crippen LogP) is 7.13. The molecule has 1 amide bonds. The smallest absolute Gasteiger partial charge is 0.418 e. The van der Waals surface area contributed by atoms with Gasteiger partial charge in [-0.2, -0.15) is 28.1 Å². The number of piperazine rings is 1. The van der Waals surface area contributed by atoms with Gasteiger partial charge in [-0.15, -0.1) is 0 Å². The maximum atomic E-state index is 16.5. The number of nitrogens with one attached hydrogen (secondary N) is 1. The van der Waals surface area contributed by atoms with Crippen molar-refractivity contribution < 1.29 is 49.4 Å². The Hall–Kier alpha value is -5.89. The van der Waals surface area contributed by atoms with Gasteiger partial charge in [0.2, 0.25) is 21.9 Å². The summed E-state index contributed by atoms with van der Waals surface area (Å²) in [6.07, 6.45) is 0.623. The first-order valence-electron chi connectivity index (χ1n) is 24.5. The van der Waals surface area contributed by atoms with E-state index in [-0.39, 0.29) is 81.4 Å². The number of nitrogen functional groups attached to an aromatic ring is 1. The van der Waals surface area contributed by atoms with Crippen LogP contribution >= 0.6 is 11.6 Å². The molecule has 4 aliphatic rings. The molecule has 7 heterocycles. The average molecular weight is 1090 g/mol. The van der Waals surface area contributed by atoms with E-state index in [1.165, 1.54) is 40.4 Å². The number of hydrogen-bond donors (Lipinski definition) is 3. The number of hydrogen-bond acceptors (Lipinski definition) is 15. The first-order valence-corrected chi connectivity index (χ1v) is 26.7. The number of aryl methyl sites for hydroxylation is 1. The molecule has 4 N–H and O–H groups in total. The molecule has 1 aromatic carbocycles. The highest BCUT2D eigenvalue weighted by Gasteiger charge is 2.41. The van der Waals surface area contributed by atoms with Gasteiger partial charge >= 0.3 is 12.2 Å². The average Bonchev–Trinajstić information content (AvgIpc) is 3.92. The van der Waals surface area contributed by atoms with Gasteiger partial charge in [-0.3, -0.25) is 14.2 Å². The number of aliphatic hydroxyl groups is 1. The zero-order chi connectivity index (χ0) is 54.5. The van der Waals surface area contributed by atoms with Gasteiger partial charge in [0.15, 0.2) is 5.82 Å². The summed E-state index contributed by atoms with van der Waals surface area (Å²) in [5.41, 5.74) is 0.344. The van der Waals surface area contributed by atoms with E-state index in [4.69, 9.17) is 22.1 Å². The highest BCUT2D eigenvalue weighted by Crippen LogP contribution is 2.45. The number of benzene rings is 1. The molecular weight excluding hydrogens is 1030 g/mol. The largest absolute Gasteiger partial charge is 0.462 e. The van der Waals surface area contributed by atoms with Gasteiger partial charge in [-0.25, -0.2) is 35.9 Å². The Labute approximate surface area is 434 Å². The number of carbonyl (C=O) groups excluding carboxylic acids is 1. The number of rotatable bonds is 11. The number of ether oxygens (including phenoxy) is 1. The zero-order valence-electron chi connectivity index (χ0n) is 42.0. The summed E-state index contributed by atoms with van der Waals surface area (Å²) >= 11 is 6.54. The molecule has 0 bridgehead atoms. The minimum absolute atomic E-state index is 0.0689. The molecule has 26 heteroatoms. The maximum Gasteiger partial charge on any atom is 0.418 e. The summed E-state index contributed by atoms with van der Waals surface area (Å²) in [4.78, 5) is 52.4. The van der Waals surface area contributed by atoms with Crippen molar-refractivity contribution in [1.82, 2.24) is 43.6 Å². The number of fused-ring (bicyclic) bond motifs is 2. The third-order valence-corrected chi connectivity index (χ3v) is 16.1. The number of halogens is 7. The predicted molar refractivity (Wildman–Crippen MR) is 272 cm³/mol. The Kier molecular flexibility index (Phi) is 16.0. The SMILES string of the molecule is C=CC(=O)N1CCN(c2nc(OCC3CCCN3C)nc3c(F)c(-c4nc(N)cc(C)c4C(F)(F)F)c(Cl)cc23)C(C)C1.CC1(O)CCCC1n1c(=O)c(C(F)F)cc2cnc(NC3CCN(S(C)(=O)=O)CC3)nc21. The molecule has 4 fully saturated rings. The van der Waals surface area contributed by atoms with Crippen molar-refractivity contribution >= 4 is 67.1 Å². The first kappa shape index (κ1) is 55.3. The van der Waals surface area contributed by atoms with Crippen molar-refractivity contribution in [1.29, 1.82) is 0 Å². The monoisotopic (exact) mass is 1090 g/mol. The van der Waals surface area contributed by atoms with Crippen LogP contribution in [0.25, 0.3) is 33.2 Å². The molecule has 5 aromatic rings. The Morgan fingerprint density at radius 2 is 1.79 bits per heavy atom. The van der Waals surface area contributed by atoms with Crippen LogP contribution in [0.5, 0.6) is 6.01 Å². The first-order chi connectivity index (χ1) is 35.3. The highest BCUT2D eigenvalue weighted by atomic mass is 35.5. The highest BCUT2D eigenvalue weighted by molar-refractivity contribution is 7.88. The Morgan fingerprint density at radius 3 is 2.39 bits per heavy atom. The molecular formula is C49H59ClF6N12O6S. The van der Waals surface area contributed by atoms with Gasteiger partial charge in [0, 0.05) is 67.8 Å². The second-order valence-corrected chi connectivity index (χ2v) is 22.3. The van der Waals surface area contributed by atoms with E-state index in [1.807, 2.05) is 18.9 Å². The number of sulfonamides is 1. The van der Waals surface area contributed by atoms with Crippen molar-refractivity contribution in [2.75, 3.05) is 75.1 Å². The van der Waals surface area contributed by atoms with Crippen LogP contribution in [0, 0.1) is 12.7 Å². The summed E-state index contributed by atoms with van der Waals surface area (Å²) in [6.45, 7) is 11.2. The minimum atomic E-state index is -4.86. The van der Waals surface area contributed by atoms with E-state index in [1.54, 1.807) is 11.8 Å². The van der Waals surface area contributed by atoms with Crippen LogP contribution in [0.2, 0.25) is 5.02 Å². The number of likely N-dealkylation sites (N-methyl/N-ethyl adjacent to an activating group) is 1. The number of nitrogens with zero attached hydrogens (tertiary/aromatic N) is 10. The fourth-order valence-corrected chi connectivity index (χ4v) is 11.7. The second kappa shape index (κ2) is 21.6. The van der Waals surface area contributed by atoms with Crippen LogP contribution in [0.1, 0.15) is 88.0 Å². The van der Waals surface area contributed by atoms with Gasteiger partial charge < -0.3 is 35.6 Å². The quantitative estimate of drug-likeness (QED) is 0.0885. The lowest BCUT2D eigenvalue weighted by atomic mass is 9.99.